The van der Waals surface area contributed by atoms with Gasteiger partial charge in [-0.1, -0.05) is 63.8 Å². The first kappa shape index (κ1) is 34.5. The second-order valence-electron chi connectivity index (χ2n) is 13.0. The summed E-state index contributed by atoms with van der Waals surface area (Å²) >= 11 is 0. The number of hydrogen-bond donors (Lipinski definition) is 0. The van der Waals surface area contributed by atoms with Gasteiger partial charge in [0.2, 0.25) is 0 Å². The number of rotatable bonds is 18. The van der Waals surface area contributed by atoms with Crippen LogP contribution >= 0.6 is 0 Å². The summed E-state index contributed by atoms with van der Waals surface area (Å²) in [5, 5.41) is 0. The van der Waals surface area contributed by atoms with Crippen molar-refractivity contribution >= 4 is 11.9 Å². The molecule has 0 N–H and O–H groups in total. The van der Waals surface area contributed by atoms with E-state index in [-0.39, 0.29) is 25.0 Å². The highest BCUT2D eigenvalue weighted by molar-refractivity contribution is 5.75. The number of halogens is 2. The Morgan fingerprint density at radius 3 is 1.33 bits per heavy atom. The molecular weight excluding hydrogens is 534 g/mol. The summed E-state index contributed by atoms with van der Waals surface area (Å²) < 4.78 is 39.0. The van der Waals surface area contributed by atoms with Crippen LogP contribution in [0.1, 0.15) is 141 Å². The lowest BCUT2D eigenvalue weighted by Crippen LogP contribution is -2.29. The van der Waals surface area contributed by atoms with Crippen LogP contribution in [0.5, 0.6) is 0 Å². The molecule has 2 fully saturated rings. The number of unbranched alkanes of at least 4 members (excludes halogenated alkanes) is 4. The summed E-state index contributed by atoms with van der Waals surface area (Å²) in [5.41, 5.74) is 2.73. The van der Waals surface area contributed by atoms with Crippen LogP contribution in [-0.4, -0.2) is 36.5 Å². The van der Waals surface area contributed by atoms with Gasteiger partial charge in [0, 0.05) is 0 Å². The maximum Gasteiger partial charge on any atom is 0.340 e. The average molecular weight is 591 g/mol. The molecule has 0 spiro atoms. The highest BCUT2D eigenvalue weighted by Gasteiger charge is 2.28. The van der Waals surface area contributed by atoms with Gasteiger partial charge in [0.15, 0.2) is 12.3 Å². The van der Waals surface area contributed by atoms with Gasteiger partial charge in [-0.05, 0) is 126 Å². The van der Waals surface area contributed by atoms with E-state index in [0.717, 1.165) is 116 Å². The van der Waals surface area contributed by atoms with Gasteiger partial charge >= 0.3 is 11.9 Å². The molecule has 42 heavy (non-hydrogen) atoms. The summed E-state index contributed by atoms with van der Waals surface area (Å²) in [5.74, 6) is -0.0478. The molecule has 1 aromatic rings. The maximum atomic E-state index is 14.0. The van der Waals surface area contributed by atoms with Crippen LogP contribution in [0.15, 0.2) is 24.3 Å². The number of ether oxygens (including phenoxy) is 2. The number of aryl methyl sites for hydroxylation is 2. The molecule has 0 heterocycles. The van der Waals surface area contributed by atoms with Crippen LogP contribution in [0, 0.1) is 11.8 Å². The van der Waals surface area contributed by atoms with Crippen LogP contribution in [0.3, 0.4) is 0 Å². The Morgan fingerprint density at radius 2 is 1.00 bits per heavy atom. The van der Waals surface area contributed by atoms with Crippen molar-refractivity contribution in [2.24, 2.45) is 11.8 Å². The van der Waals surface area contributed by atoms with Gasteiger partial charge in [0.1, 0.15) is 12.2 Å². The monoisotopic (exact) mass is 590 g/mol. The van der Waals surface area contributed by atoms with Crippen molar-refractivity contribution in [1.82, 2.24) is 0 Å². The fraction of sp³-hybridized carbons (Fsp3) is 0.778. The molecule has 0 aromatic heterocycles. The second-order valence-corrected chi connectivity index (χ2v) is 13.0. The Kier molecular flexibility index (Phi) is 15.9. The molecule has 0 amide bonds. The Bertz CT molecular complexity index is 815. The van der Waals surface area contributed by atoms with Crippen LogP contribution in [-0.2, 0) is 31.9 Å². The summed E-state index contributed by atoms with van der Waals surface area (Å²) in [6.45, 7) is 4.14. The normalized spacial score (nSPS) is 24.1. The zero-order chi connectivity index (χ0) is 30.2. The Labute approximate surface area is 253 Å². The van der Waals surface area contributed by atoms with E-state index in [4.69, 9.17) is 9.47 Å². The number of hydrogen-bond acceptors (Lipinski definition) is 4. The molecule has 2 aliphatic carbocycles. The maximum absolute atomic E-state index is 14.0. The summed E-state index contributed by atoms with van der Waals surface area (Å²) in [6, 6.07) is 9.03. The highest BCUT2D eigenvalue weighted by atomic mass is 19.1. The van der Waals surface area contributed by atoms with E-state index in [9.17, 15) is 18.4 Å². The molecule has 0 aliphatic heterocycles. The Morgan fingerprint density at radius 1 is 0.643 bits per heavy atom. The first-order valence-electron chi connectivity index (χ1n) is 17.1. The number of carbonyl (C=O) groups excluding carboxylic acids is 2. The Balaban J connectivity index is 1.26. The van der Waals surface area contributed by atoms with Gasteiger partial charge in [-0.15, -0.1) is 0 Å². The summed E-state index contributed by atoms with van der Waals surface area (Å²) in [6.07, 6.45) is 14.7. The molecule has 0 saturated heterocycles. The zero-order valence-electron chi connectivity index (χ0n) is 26.3. The number of benzene rings is 1. The van der Waals surface area contributed by atoms with Crippen LogP contribution in [0.2, 0.25) is 0 Å². The van der Waals surface area contributed by atoms with Gasteiger partial charge in [-0.2, -0.15) is 0 Å². The fourth-order valence-electron chi connectivity index (χ4n) is 6.55. The van der Waals surface area contributed by atoms with E-state index >= 15 is 0 Å². The number of esters is 2. The van der Waals surface area contributed by atoms with E-state index in [1.54, 1.807) is 0 Å². The summed E-state index contributed by atoms with van der Waals surface area (Å²) in [4.78, 5) is 24.1. The smallest absolute Gasteiger partial charge is 0.340 e. The van der Waals surface area contributed by atoms with Gasteiger partial charge in [-0.25, -0.2) is 18.4 Å². The first-order chi connectivity index (χ1) is 20.4. The van der Waals surface area contributed by atoms with E-state index in [0.29, 0.717) is 11.8 Å². The third kappa shape index (κ3) is 12.7. The molecule has 2 aliphatic rings. The first-order valence-corrected chi connectivity index (χ1v) is 17.1. The largest absolute Gasteiger partial charge is 0.460 e. The van der Waals surface area contributed by atoms with Crippen LogP contribution < -0.4 is 0 Å². The third-order valence-corrected chi connectivity index (χ3v) is 9.49. The van der Waals surface area contributed by atoms with Crippen molar-refractivity contribution in [2.45, 2.75) is 167 Å². The average Bonchev–Trinajstić information content (AvgIpc) is 3.01. The molecule has 6 heteroatoms. The van der Waals surface area contributed by atoms with Crippen molar-refractivity contribution in [1.29, 1.82) is 0 Å². The molecule has 2 saturated carbocycles. The molecule has 4 nitrogen and oxygen atoms in total. The number of alkyl halides is 2. The molecule has 2 atom stereocenters. The van der Waals surface area contributed by atoms with E-state index in [1.807, 2.05) is 0 Å². The van der Waals surface area contributed by atoms with Crippen molar-refractivity contribution in [3.63, 3.8) is 0 Å². The predicted molar refractivity (Wildman–Crippen MR) is 165 cm³/mol. The predicted octanol–water partition coefficient (Wildman–Crippen LogP) is 9.59. The Hall–Kier alpha value is -1.98. The molecule has 1 aromatic carbocycles. The van der Waals surface area contributed by atoms with E-state index in [1.165, 1.54) is 11.1 Å². The van der Waals surface area contributed by atoms with Crippen LogP contribution in [0.4, 0.5) is 8.78 Å². The molecular formula is C36H56F2O4. The molecule has 0 radical (unpaired) electrons. The van der Waals surface area contributed by atoms with Gasteiger partial charge in [-0.3, -0.25) is 0 Å². The molecule has 238 valence electrons. The van der Waals surface area contributed by atoms with Gasteiger partial charge in [0.05, 0.1) is 0 Å². The lowest BCUT2D eigenvalue weighted by atomic mass is 9.83. The zero-order valence-corrected chi connectivity index (χ0v) is 26.3. The van der Waals surface area contributed by atoms with E-state index in [2.05, 4.69) is 38.1 Å². The molecule has 0 unspecified atom stereocenters. The second kappa shape index (κ2) is 19.3. The van der Waals surface area contributed by atoms with Crippen LogP contribution in [0.25, 0.3) is 0 Å². The minimum Gasteiger partial charge on any atom is -0.460 e. The van der Waals surface area contributed by atoms with Crippen molar-refractivity contribution in [3.05, 3.63) is 35.4 Å². The minimum atomic E-state index is -1.47. The standard InChI is InChI=1S/C36H56F2O4/c1-3-5-7-9-33(37)35(39)41-31-23-19-29(20-24-31)17-15-27-11-13-28(14-12-27)16-18-30-21-25-32(26-22-30)42-36(40)34(38)10-8-6-4-2/h11-14,29-34H,3-10,15-26H2,1-2H3/t29?,30?,31?,32?,33-,34-/m0/s1. The van der Waals surface area contributed by atoms with Gasteiger partial charge < -0.3 is 9.47 Å². The lowest BCUT2D eigenvalue weighted by Gasteiger charge is -2.29. The minimum absolute atomic E-state index is 0.120. The SMILES string of the molecule is CCCCC[C@H](F)C(=O)OC1CCC(CCc2ccc(CCC3CCC(OC(=O)[C@@H](F)CCCCC)CC3)cc2)CC1. The number of carbonyl (C=O) groups is 2. The van der Waals surface area contributed by atoms with Crippen molar-refractivity contribution < 1.29 is 27.8 Å². The molecule has 0 bridgehead atoms. The van der Waals surface area contributed by atoms with Crippen molar-refractivity contribution in [2.75, 3.05) is 0 Å². The molecule has 3 rings (SSSR count). The highest BCUT2D eigenvalue weighted by Crippen LogP contribution is 2.32. The van der Waals surface area contributed by atoms with Crippen molar-refractivity contribution in [3.8, 4) is 0 Å². The third-order valence-electron chi connectivity index (χ3n) is 9.49. The summed E-state index contributed by atoms with van der Waals surface area (Å²) in [7, 11) is 0. The van der Waals surface area contributed by atoms with Gasteiger partial charge in [0.25, 0.3) is 0 Å². The topological polar surface area (TPSA) is 52.6 Å². The van der Waals surface area contributed by atoms with E-state index < -0.39 is 24.3 Å². The lowest BCUT2D eigenvalue weighted by molar-refractivity contribution is -0.158. The fourth-order valence-corrected chi connectivity index (χ4v) is 6.55. The quantitative estimate of drug-likeness (QED) is 0.126.